The molecule has 1 unspecified atom stereocenters. The summed E-state index contributed by atoms with van der Waals surface area (Å²) in [6, 6.07) is 0. The molecule has 2 N–H and O–H groups in total. The number of rotatable bonds is 13. The first-order chi connectivity index (χ1) is 13.5. The van der Waals surface area contributed by atoms with Crippen LogP contribution in [0.3, 0.4) is 0 Å². The molecule has 0 aromatic heterocycles. The number of thiol groups is 1. The van der Waals surface area contributed by atoms with Crippen LogP contribution >= 0.6 is 22.5 Å². The van der Waals surface area contributed by atoms with Gasteiger partial charge in [-0.2, -0.15) is 0 Å². The van der Waals surface area contributed by atoms with Crippen molar-refractivity contribution in [3.63, 3.8) is 0 Å². The van der Waals surface area contributed by atoms with Crippen molar-refractivity contribution in [2.45, 2.75) is 78.9 Å². The Labute approximate surface area is 182 Å². The van der Waals surface area contributed by atoms with Crippen LogP contribution in [0.15, 0.2) is 0 Å². The van der Waals surface area contributed by atoms with E-state index in [0.29, 0.717) is 39.5 Å². The Hall–Kier alpha value is 0.01000. The van der Waals surface area contributed by atoms with E-state index in [4.69, 9.17) is 19.7 Å². The molecule has 8 heteroatoms. The summed E-state index contributed by atoms with van der Waals surface area (Å²) in [6.45, 7) is 14.9. The minimum Gasteiger partial charge on any atom is -0.466 e. The van der Waals surface area contributed by atoms with E-state index in [1.807, 2.05) is 13.8 Å². The lowest BCUT2D eigenvalue weighted by molar-refractivity contribution is -0.142. The number of ether oxygens (including phenoxy) is 3. The second kappa shape index (κ2) is 37.7. The molecule has 0 heterocycles. The predicted octanol–water partition coefficient (Wildman–Crippen LogP) is 4.52. The van der Waals surface area contributed by atoms with E-state index in [-0.39, 0.29) is 19.2 Å². The molecule has 1 atom stereocenters. The smallest absolute Gasteiger partial charge is 0.305 e. The second-order valence-corrected chi connectivity index (χ2v) is 6.79. The maximum atomic E-state index is 10.2. The lowest BCUT2D eigenvalue weighted by Crippen LogP contribution is -2.00. The summed E-state index contributed by atoms with van der Waals surface area (Å²) in [5.74, 6) is -0.123. The third-order valence-corrected chi connectivity index (χ3v) is 4.72. The lowest BCUT2D eigenvalue weighted by Gasteiger charge is -2.08. The molecule has 0 fully saturated rings. The van der Waals surface area contributed by atoms with E-state index >= 15 is 0 Å². The van der Waals surface area contributed by atoms with Gasteiger partial charge < -0.3 is 24.4 Å². The predicted molar refractivity (Wildman–Crippen MR) is 124 cm³/mol. The number of carbonyl (C=O) groups is 1. The largest absolute Gasteiger partial charge is 0.466 e. The highest BCUT2D eigenvalue weighted by Gasteiger charge is 2.01. The fourth-order valence-corrected chi connectivity index (χ4v) is 2.63. The topological polar surface area (TPSA) is 85.2 Å². The van der Waals surface area contributed by atoms with Crippen LogP contribution in [-0.4, -0.2) is 67.7 Å². The Kier molecular flexibility index (Phi) is 47.8. The van der Waals surface area contributed by atoms with Crippen molar-refractivity contribution < 1.29 is 29.2 Å². The summed E-state index contributed by atoms with van der Waals surface area (Å²) >= 11 is 4.19. The monoisotopic (exact) mass is 446 g/mol. The Bertz CT molecular complexity index is 239. The van der Waals surface area contributed by atoms with E-state index in [9.17, 15) is 4.79 Å². The van der Waals surface area contributed by atoms with Gasteiger partial charge in [-0.25, -0.2) is 0 Å². The SMILES string of the molecule is CCCCC(CC)SS.CCOC(=O)CC.CCOCCO.CCOCCO. The van der Waals surface area contributed by atoms with Crippen LogP contribution in [0.5, 0.6) is 0 Å². The molecule has 174 valence electrons. The van der Waals surface area contributed by atoms with Crippen molar-refractivity contribution >= 4 is 28.4 Å². The van der Waals surface area contributed by atoms with Gasteiger partial charge in [-0.1, -0.05) is 44.4 Å². The fraction of sp³-hybridized carbons (Fsp3) is 0.950. The van der Waals surface area contributed by atoms with Crippen molar-refractivity contribution in [1.82, 2.24) is 0 Å². The van der Waals surface area contributed by atoms with Crippen molar-refractivity contribution in [3.05, 3.63) is 0 Å². The van der Waals surface area contributed by atoms with Gasteiger partial charge in [0.1, 0.15) is 0 Å². The van der Waals surface area contributed by atoms with Gasteiger partial charge in [0.25, 0.3) is 0 Å². The molecular formula is C20H46O6S2. The summed E-state index contributed by atoms with van der Waals surface area (Å²) < 4.78 is 14.0. The number of hydrogen-bond acceptors (Lipinski definition) is 8. The number of hydrogen-bond donors (Lipinski definition) is 3. The average molecular weight is 447 g/mol. The highest BCUT2D eigenvalue weighted by Crippen LogP contribution is 2.22. The van der Waals surface area contributed by atoms with Crippen molar-refractivity contribution in [2.75, 3.05) is 46.2 Å². The molecule has 0 aromatic carbocycles. The molecule has 0 saturated carbocycles. The van der Waals surface area contributed by atoms with E-state index < -0.39 is 0 Å². The zero-order valence-electron chi connectivity index (χ0n) is 18.9. The molecule has 6 nitrogen and oxygen atoms in total. The number of aliphatic hydroxyl groups excluding tert-OH is 2. The Morgan fingerprint density at radius 2 is 1.43 bits per heavy atom. The van der Waals surface area contributed by atoms with Crippen molar-refractivity contribution in [2.24, 2.45) is 0 Å². The van der Waals surface area contributed by atoms with Gasteiger partial charge in [0.05, 0.1) is 33.0 Å². The van der Waals surface area contributed by atoms with Crippen LogP contribution in [0.2, 0.25) is 0 Å². The zero-order valence-corrected chi connectivity index (χ0v) is 20.7. The number of esters is 1. The Balaban J connectivity index is -0.000000139. The van der Waals surface area contributed by atoms with Crippen LogP contribution in [-0.2, 0) is 19.0 Å². The summed E-state index contributed by atoms with van der Waals surface area (Å²) in [7, 11) is 1.70. The molecule has 0 radical (unpaired) electrons. The fourth-order valence-electron chi connectivity index (χ4n) is 1.44. The molecular weight excluding hydrogens is 400 g/mol. The molecule has 0 saturated heterocycles. The van der Waals surface area contributed by atoms with E-state index in [2.05, 4.69) is 30.2 Å². The summed E-state index contributed by atoms with van der Waals surface area (Å²) in [5.41, 5.74) is 0. The van der Waals surface area contributed by atoms with Crippen LogP contribution in [0.4, 0.5) is 0 Å². The van der Waals surface area contributed by atoms with Gasteiger partial charge in [-0.05, 0) is 33.6 Å². The summed E-state index contributed by atoms with van der Waals surface area (Å²) in [5, 5.41) is 16.9. The summed E-state index contributed by atoms with van der Waals surface area (Å²) in [6.07, 6.45) is 5.74. The van der Waals surface area contributed by atoms with Gasteiger partial charge in [0.15, 0.2) is 0 Å². The maximum Gasteiger partial charge on any atom is 0.305 e. The highest BCUT2D eigenvalue weighted by molar-refractivity contribution is 8.68. The first-order valence-electron chi connectivity index (χ1n) is 10.3. The minimum absolute atomic E-state index is 0.123. The van der Waals surface area contributed by atoms with Gasteiger partial charge in [0, 0.05) is 24.9 Å². The van der Waals surface area contributed by atoms with Crippen LogP contribution in [0.1, 0.15) is 73.6 Å². The second-order valence-electron chi connectivity index (χ2n) is 5.28. The van der Waals surface area contributed by atoms with Gasteiger partial charge in [0.2, 0.25) is 0 Å². The molecule has 0 aliphatic heterocycles. The average Bonchev–Trinajstić information content (AvgIpc) is 2.73. The van der Waals surface area contributed by atoms with E-state index in [1.165, 1.54) is 25.7 Å². The van der Waals surface area contributed by atoms with Gasteiger partial charge in [-0.15, -0.1) is 11.7 Å². The third kappa shape index (κ3) is 45.0. The first kappa shape index (κ1) is 35.4. The number of unbranched alkanes of at least 4 members (excludes halogenated alkanes) is 1. The number of aliphatic hydroxyl groups is 2. The molecule has 0 aliphatic rings. The maximum absolute atomic E-state index is 10.2. The van der Waals surface area contributed by atoms with Gasteiger partial charge in [-0.3, -0.25) is 4.79 Å². The molecule has 0 amide bonds. The molecule has 0 aliphatic carbocycles. The lowest BCUT2D eigenvalue weighted by atomic mass is 10.2. The molecule has 0 spiro atoms. The minimum atomic E-state index is -0.123. The van der Waals surface area contributed by atoms with E-state index in [0.717, 1.165) is 5.25 Å². The van der Waals surface area contributed by atoms with Crippen molar-refractivity contribution in [3.8, 4) is 0 Å². The van der Waals surface area contributed by atoms with Gasteiger partial charge >= 0.3 is 5.97 Å². The third-order valence-electron chi connectivity index (χ3n) is 2.96. The zero-order chi connectivity index (χ0) is 22.5. The van der Waals surface area contributed by atoms with Crippen LogP contribution < -0.4 is 0 Å². The molecule has 0 bridgehead atoms. The highest BCUT2D eigenvalue weighted by atomic mass is 33.1. The van der Waals surface area contributed by atoms with Crippen LogP contribution in [0, 0.1) is 0 Å². The Morgan fingerprint density at radius 1 is 0.929 bits per heavy atom. The normalized spacial score (nSPS) is 10.3. The molecule has 0 aromatic rings. The molecule has 0 rings (SSSR count). The van der Waals surface area contributed by atoms with Crippen LogP contribution in [0.25, 0.3) is 0 Å². The summed E-state index contributed by atoms with van der Waals surface area (Å²) in [4.78, 5) is 10.2. The quantitative estimate of drug-likeness (QED) is 0.166. The Morgan fingerprint density at radius 3 is 1.61 bits per heavy atom. The molecule has 28 heavy (non-hydrogen) atoms. The number of carbonyl (C=O) groups excluding carboxylic acids is 1. The standard InChI is InChI=1S/C7H16S2.C5H10O2.2C4H10O2/c1-3-5-6-7(4-2)9-8;1-3-5(6)7-4-2;2*1-2-6-4-3-5/h7-8H,3-6H2,1-2H3;3-4H2,1-2H3;2*5H,2-4H2,1H3. The van der Waals surface area contributed by atoms with Crippen molar-refractivity contribution in [1.29, 1.82) is 0 Å². The van der Waals surface area contributed by atoms with E-state index in [1.54, 1.807) is 24.6 Å². The first-order valence-corrected chi connectivity index (χ1v) is 12.2.